The molecule has 7 nitrogen and oxygen atoms in total. The number of hydrogen-bond donors (Lipinski definition) is 1. The zero-order chi connectivity index (χ0) is 24.5. The van der Waals surface area contributed by atoms with Gasteiger partial charge in [-0.25, -0.2) is 10.2 Å². The lowest BCUT2D eigenvalue weighted by molar-refractivity contribution is -0.123. The fraction of sp³-hybridized carbons (Fsp3) is 0.160. The summed E-state index contributed by atoms with van der Waals surface area (Å²) in [4.78, 5) is 24.5. The number of ether oxygens (including phenoxy) is 3. The average Bonchev–Trinajstić information content (AvgIpc) is 2.80. The maximum absolute atomic E-state index is 12.5. The van der Waals surface area contributed by atoms with Crippen molar-refractivity contribution in [2.24, 2.45) is 5.10 Å². The highest BCUT2D eigenvalue weighted by molar-refractivity contribution is 6.33. The molecule has 0 aromatic heterocycles. The quantitative estimate of drug-likeness (QED) is 0.182. The van der Waals surface area contributed by atoms with Gasteiger partial charge in [0.2, 0.25) is 0 Å². The van der Waals surface area contributed by atoms with Crippen LogP contribution in [0.2, 0.25) is 10.0 Å². The van der Waals surface area contributed by atoms with Crippen LogP contribution in [-0.2, 0) is 4.79 Å². The van der Waals surface area contributed by atoms with Crippen LogP contribution in [0.15, 0.2) is 65.8 Å². The molecule has 34 heavy (non-hydrogen) atoms. The van der Waals surface area contributed by atoms with Crippen LogP contribution in [0.25, 0.3) is 0 Å². The van der Waals surface area contributed by atoms with E-state index in [1.165, 1.54) is 6.21 Å². The minimum atomic E-state index is -0.601. The molecule has 9 heteroatoms. The molecule has 3 aromatic rings. The maximum atomic E-state index is 12.5. The van der Waals surface area contributed by atoms with Crippen LogP contribution < -0.4 is 19.6 Å². The Morgan fingerprint density at radius 3 is 2.47 bits per heavy atom. The lowest BCUT2D eigenvalue weighted by Crippen LogP contribution is -2.24. The number of hydrazone groups is 1. The predicted molar refractivity (Wildman–Crippen MR) is 131 cm³/mol. The van der Waals surface area contributed by atoms with Gasteiger partial charge in [0.25, 0.3) is 5.91 Å². The summed E-state index contributed by atoms with van der Waals surface area (Å²) in [6.45, 7) is 3.79. The first-order valence-corrected chi connectivity index (χ1v) is 11.1. The number of benzene rings is 3. The van der Waals surface area contributed by atoms with Crippen molar-refractivity contribution >= 4 is 41.3 Å². The van der Waals surface area contributed by atoms with Gasteiger partial charge in [0.15, 0.2) is 18.1 Å². The first-order valence-electron chi connectivity index (χ1n) is 10.3. The average molecular weight is 501 g/mol. The minimum absolute atomic E-state index is 0.207. The standard InChI is InChI=1S/C25H22Cl2N2O5/c1-3-32-23-13-17(8-10-22(23)34-25(31)19-6-4-5-7-20(19)27)14-28-29-24(30)15-33-21-11-9-18(26)12-16(21)2/h4-14H,3,15H2,1-2H3,(H,29,30)/b28-14+. The molecule has 1 amide bonds. The van der Waals surface area contributed by atoms with Gasteiger partial charge in [0.05, 0.1) is 23.4 Å². The third-order valence-corrected chi connectivity index (χ3v) is 5.03. The van der Waals surface area contributed by atoms with E-state index in [0.29, 0.717) is 33.7 Å². The van der Waals surface area contributed by atoms with Gasteiger partial charge in [-0.2, -0.15) is 5.10 Å². The topological polar surface area (TPSA) is 86.2 Å². The number of hydrogen-bond acceptors (Lipinski definition) is 6. The van der Waals surface area contributed by atoms with Crippen molar-refractivity contribution in [3.05, 3.63) is 87.4 Å². The van der Waals surface area contributed by atoms with E-state index in [1.807, 2.05) is 13.8 Å². The number of halogens is 2. The Morgan fingerprint density at radius 1 is 0.971 bits per heavy atom. The van der Waals surface area contributed by atoms with Gasteiger partial charge < -0.3 is 14.2 Å². The van der Waals surface area contributed by atoms with E-state index in [4.69, 9.17) is 37.4 Å². The van der Waals surface area contributed by atoms with Crippen molar-refractivity contribution in [2.75, 3.05) is 13.2 Å². The summed E-state index contributed by atoms with van der Waals surface area (Å²) in [7, 11) is 0. The van der Waals surface area contributed by atoms with Gasteiger partial charge in [0.1, 0.15) is 5.75 Å². The summed E-state index contributed by atoms with van der Waals surface area (Å²) >= 11 is 12.0. The number of nitrogens with zero attached hydrogens (tertiary/aromatic N) is 1. The van der Waals surface area contributed by atoms with Crippen LogP contribution in [-0.4, -0.2) is 31.3 Å². The maximum Gasteiger partial charge on any atom is 0.345 e. The molecule has 0 heterocycles. The Kier molecular flexibility index (Phi) is 8.90. The zero-order valence-corrected chi connectivity index (χ0v) is 20.0. The molecule has 176 valence electrons. The number of esters is 1. The van der Waals surface area contributed by atoms with Crippen molar-refractivity contribution in [3.63, 3.8) is 0 Å². The number of aryl methyl sites for hydroxylation is 1. The van der Waals surface area contributed by atoms with Crippen LogP contribution >= 0.6 is 23.2 Å². The Labute approximate surface area is 207 Å². The van der Waals surface area contributed by atoms with Gasteiger partial charge in [0, 0.05) is 5.02 Å². The SMILES string of the molecule is CCOc1cc(/C=N/NC(=O)COc2ccc(Cl)cc2C)ccc1OC(=O)c1ccccc1Cl. The van der Waals surface area contributed by atoms with E-state index in [0.717, 1.165) is 5.56 Å². The molecule has 0 bridgehead atoms. The second-order valence-corrected chi connectivity index (χ2v) is 7.84. The third-order valence-electron chi connectivity index (χ3n) is 4.46. The van der Waals surface area contributed by atoms with Gasteiger partial charge in [-0.05, 0) is 73.5 Å². The Balaban J connectivity index is 1.61. The molecule has 0 unspecified atom stereocenters. The fourth-order valence-electron chi connectivity index (χ4n) is 2.87. The van der Waals surface area contributed by atoms with E-state index < -0.39 is 11.9 Å². The number of nitrogens with one attached hydrogen (secondary N) is 1. The van der Waals surface area contributed by atoms with E-state index in [2.05, 4.69) is 10.5 Å². The molecule has 3 aromatic carbocycles. The summed E-state index contributed by atoms with van der Waals surface area (Å²) < 4.78 is 16.5. The van der Waals surface area contributed by atoms with Gasteiger partial charge in [-0.1, -0.05) is 35.3 Å². The first kappa shape index (κ1) is 25.1. The molecule has 0 atom stereocenters. The normalized spacial score (nSPS) is 10.7. The summed E-state index contributed by atoms with van der Waals surface area (Å²) in [6.07, 6.45) is 1.44. The van der Waals surface area contributed by atoms with E-state index in [9.17, 15) is 9.59 Å². The lowest BCUT2D eigenvalue weighted by atomic mass is 10.2. The predicted octanol–water partition coefficient (Wildman–Crippen LogP) is 5.45. The van der Waals surface area contributed by atoms with Crippen molar-refractivity contribution < 1.29 is 23.8 Å². The smallest absolute Gasteiger partial charge is 0.345 e. The molecule has 3 rings (SSSR count). The van der Waals surface area contributed by atoms with Crippen molar-refractivity contribution in [1.29, 1.82) is 0 Å². The highest BCUT2D eigenvalue weighted by atomic mass is 35.5. The fourth-order valence-corrected chi connectivity index (χ4v) is 3.31. The molecule has 0 saturated heterocycles. The molecule has 0 aliphatic rings. The van der Waals surface area contributed by atoms with Crippen LogP contribution in [0.5, 0.6) is 17.2 Å². The summed E-state index contributed by atoms with van der Waals surface area (Å²) in [5.74, 6) is 0.114. The minimum Gasteiger partial charge on any atom is -0.490 e. The Bertz CT molecular complexity index is 1210. The number of carbonyl (C=O) groups is 2. The largest absolute Gasteiger partial charge is 0.490 e. The number of amides is 1. The second kappa shape index (κ2) is 12.1. The zero-order valence-electron chi connectivity index (χ0n) is 18.5. The molecule has 0 fully saturated rings. The van der Waals surface area contributed by atoms with Crippen LogP contribution in [0, 0.1) is 6.92 Å². The molecule has 0 aliphatic carbocycles. The number of rotatable bonds is 9. The monoisotopic (exact) mass is 500 g/mol. The molecule has 0 spiro atoms. The van der Waals surface area contributed by atoms with E-state index in [1.54, 1.807) is 60.7 Å². The highest BCUT2D eigenvalue weighted by Crippen LogP contribution is 2.29. The summed E-state index contributed by atoms with van der Waals surface area (Å²) in [5.41, 5.74) is 4.09. The van der Waals surface area contributed by atoms with Crippen molar-refractivity contribution in [2.45, 2.75) is 13.8 Å². The van der Waals surface area contributed by atoms with Crippen molar-refractivity contribution in [1.82, 2.24) is 5.43 Å². The first-order chi connectivity index (χ1) is 16.4. The Morgan fingerprint density at radius 2 is 1.74 bits per heavy atom. The number of carbonyl (C=O) groups excluding carboxylic acids is 2. The molecular formula is C25H22Cl2N2O5. The van der Waals surface area contributed by atoms with Crippen LogP contribution in [0.3, 0.4) is 0 Å². The van der Waals surface area contributed by atoms with Crippen LogP contribution in [0.4, 0.5) is 0 Å². The summed E-state index contributed by atoms with van der Waals surface area (Å²) in [6, 6.07) is 16.6. The van der Waals surface area contributed by atoms with Crippen LogP contribution in [0.1, 0.15) is 28.4 Å². The molecular weight excluding hydrogens is 479 g/mol. The Hall–Kier alpha value is -3.55. The van der Waals surface area contributed by atoms with Gasteiger partial charge in [-0.15, -0.1) is 0 Å². The molecule has 0 saturated carbocycles. The van der Waals surface area contributed by atoms with Gasteiger partial charge in [-0.3, -0.25) is 4.79 Å². The second-order valence-electron chi connectivity index (χ2n) is 7.00. The molecule has 1 N–H and O–H groups in total. The van der Waals surface area contributed by atoms with Crippen molar-refractivity contribution in [3.8, 4) is 17.2 Å². The third kappa shape index (κ3) is 6.97. The van der Waals surface area contributed by atoms with E-state index in [-0.39, 0.29) is 17.9 Å². The molecule has 0 aliphatic heterocycles. The van der Waals surface area contributed by atoms with E-state index >= 15 is 0 Å². The van der Waals surface area contributed by atoms with Gasteiger partial charge >= 0.3 is 5.97 Å². The lowest BCUT2D eigenvalue weighted by Gasteiger charge is -2.12. The summed E-state index contributed by atoms with van der Waals surface area (Å²) in [5, 5.41) is 4.82. The highest BCUT2D eigenvalue weighted by Gasteiger charge is 2.15. The molecule has 0 radical (unpaired) electrons.